The van der Waals surface area contributed by atoms with Crippen LogP contribution in [0.5, 0.6) is 0 Å². The summed E-state index contributed by atoms with van der Waals surface area (Å²) < 4.78 is 0. The molecule has 1 aliphatic heterocycles. The number of ketones is 1. The Hall–Kier alpha value is -2.66. The minimum absolute atomic E-state index is 0.0171. The number of hydrogen-bond donors (Lipinski definition) is 0. The molecule has 1 aliphatic rings. The number of Topliss-reactive ketones (excluding diaryl/α,β-unsaturated/α-hetero) is 1. The van der Waals surface area contributed by atoms with Crippen LogP contribution in [0.1, 0.15) is 34.6 Å². The number of rotatable bonds is 3. The van der Waals surface area contributed by atoms with Gasteiger partial charge in [0.05, 0.1) is 0 Å². The number of carbonyl (C=O) groups excluding carboxylic acids is 3. The molecule has 3 rings (SSSR count). The van der Waals surface area contributed by atoms with Crippen LogP contribution in [0.25, 0.3) is 0 Å². The van der Waals surface area contributed by atoms with Crippen molar-refractivity contribution in [1.82, 2.24) is 4.90 Å². The first kappa shape index (κ1) is 18.1. The Kier molecular flexibility index (Phi) is 5.09. The van der Waals surface area contributed by atoms with Crippen molar-refractivity contribution in [2.45, 2.75) is 19.9 Å². The Balaban J connectivity index is 1.81. The van der Waals surface area contributed by atoms with Gasteiger partial charge >= 0.3 is 0 Å². The maximum atomic E-state index is 12.9. The Labute approximate surface area is 157 Å². The number of halogens is 1. The highest BCUT2D eigenvalue weighted by Gasteiger charge is 2.33. The van der Waals surface area contributed by atoms with Crippen LogP contribution >= 0.6 is 11.6 Å². The van der Waals surface area contributed by atoms with Crippen LogP contribution in [0.4, 0.5) is 5.69 Å². The van der Waals surface area contributed by atoms with Gasteiger partial charge in [0.1, 0.15) is 6.54 Å². The fourth-order valence-electron chi connectivity index (χ4n) is 3.05. The summed E-state index contributed by atoms with van der Waals surface area (Å²) in [7, 11) is 0. The van der Waals surface area contributed by atoms with Crippen LogP contribution in [-0.2, 0) is 4.79 Å². The van der Waals surface area contributed by atoms with Crippen LogP contribution in [-0.4, -0.2) is 41.6 Å². The third kappa shape index (κ3) is 3.63. The first-order chi connectivity index (χ1) is 12.4. The average molecular weight is 371 g/mol. The predicted octanol–water partition coefficient (Wildman–Crippen LogP) is 3.42. The van der Waals surface area contributed by atoms with Crippen molar-refractivity contribution in [1.29, 1.82) is 0 Å². The molecule has 6 heteroatoms. The Bertz CT molecular complexity index is 881. The zero-order valence-electron chi connectivity index (χ0n) is 14.6. The Morgan fingerprint density at radius 2 is 1.77 bits per heavy atom. The lowest BCUT2D eigenvalue weighted by molar-refractivity contribution is -0.121. The molecule has 0 bridgehead atoms. The van der Waals surface area contributed by atoms with E-state index in [4.69, 9.17) is 11.6 Å². The summed E-state index contributed by atoms with van der Waals surface area (Å²) in [6, 6.07) is 13.5. The fourth-order valence-corrected chi connectivity index (χ4v) is 3.24. The minimum Gasteiger partial charge on any atom is -0.325 e. The molecule has 134 valence electrons. The number of piperazine rings is 1. The van der Waals surface area contributed by atoms with Crippen molar-refractivity contribution in [2.75, 3.05) is 18.0 Å². The highest BCUT2D eigenvalue weighted by atomic mass is 35.5. The van der Waals surface area contributed by atoms with Crippen molar-refractivity contribution >= 4 is 34.9 Å². The first-order valence-electron chi connectivity index (χ1n) is 8.34. The summed E-state index contributed by atoms with van der Waals surface area (Å²) in [6.07, 6.45) is 0. The van der Waals surface area contributed by atoms with E-state index in [0.29, 0.717) is 22.7 Å². The van der Waals surface area contributed by atoms with Gasteiger partial charge < -0.3 is 9.80 Å². The zero-order chi connectivity index (χ0) is 18.8. The van der Waals surface area contributed by atoms with E-state index in [-0.39, 0.29) is 30.2 Å². The molecule has 0 aromatic heterocycles. The molecule has 0 spiro atoms. The number of nitrogens with zero attached hydrogens (tertiary/aromatic N) is 2. The molecule has 2 aromatic rings. The molecule has 1 fully saturated rings. The van der Waals surface area contributed by atoms with E-state index >= 15 is 0 Å². The van der Waals surface area contributed by atoms with Crippen molar-refractivity contribution < 1.29 is 14.4 Å². The summed E-state index contributed by atoms with van der Waals surface area (Å²) in [6.45, 7) is 3.73. The molecular weight excluding hydrogens is 352 g/mol. The average Bonchev–Trinajstić information content (AvgIpc) is 2.62. The van der Waals surface area contributed by atoms with Gasteiger partial charge in [-0.3, -0.25) is 14.4 Å². The lowest BCUT2D eigenvalue weighted by atomic mass is 10.1. The maximum absolute atomic E-state index is 12.9. The molecule has 2 amide bonds. The van der Waals surface area contributed by atoms with Gasteiger partial charge in [-0.1, -0.05) is 29.8 Å². The molecule has 1 unspecified atom stereocenters. The van der Waals surface area contributed by atoms with E-state index in [9.17, 15) is 14.4 Å². The molecular formula is C20H19ClN2O3. The number of anilines is 1. The highest BCUT2D eigenvalue weighted by Crippen LogP contribution is 2.24. The summed E-state index contributed by atoms with van der Waals surface area (Å²) in [5, 5.41) is 0.558. The topological polar surface area (TPSA) is 57.7 Å². The van der Waals surface area contributed by atoms with Crippen LogP contribution < -0.4 is 4.90 Å². The van der Waals surface area contributed by atoms with Gasteiger partial charge in [0.25, 0.3) is 5.91 Å². The zero-order valence-corrected chi connectivity index (χ0v) is 15.4. The lowest BCUT2D eigenvalue weighted by Crippen LogP contribution is -2.57. The molecule has 1 heterocycles. The first-order valence-corrected chi connectivity index (χ1v) is 8.72. The molecule has 2 aromatic carbocycles. The quantitative estimate of drug-likeness (QED) is 0.778. The standard InChI is InChI=1S/C20H19ClN2O3/c1-13-11-23(18-8-4-7-17(21)10-18)19(25)12-22(13)20(26)16-6-3-5-15(9-16)14(2)24/h3-10,13H,11-12H2,1-2H3. The molecule has 0 radical (unpaired) electrons. The van der Waals surface area contributed by atoms with Gasteiger partial charge in [-0.2, -0.15) is 0 Å². The number of amides is 2. The second kappa shape index (κ2) is 7.30. The Morgan fingerprint density at radius 1 is 1.08 bits per heavy atom. The second-order valence-electron chi connectivity index (χ2n) is 6.40. The SMILES string of the molecule is CC(=O)c1cccc(C(=O)N2CC(=O)N(c3cccc(Cl)c3)CC2C)c1. The Morgan fingerprint density at radius 3 is 2.46 bits per heavy atom. The van der Waals surface area contributed by atoms with E-state index in [0.717, 1.165) is 5.69 Å². The molecule has 1 saturated heterocycles. The van der Waals surface area contributed by atoms with E-state index in [1.807, 2.05) is 13.0 Å². The van der Waals surface area contributed by atoms with Gasteiger partial charge in [-0.15, -0.1) is 0 Å². The molecule has 1 atom stereocenters. The summed E-state index contributed by atoms with van der Waals surface area (Å²) >= 11 is 6.02. The maximum Gasteiger partial charge on any atom is 0.254 e. The normalized spacial score (nSPS) is 17.3. The van der Waals surface area contributed by atoms with Crippen molar-refractivity contribution in [2.24, 2.45) is 0 Å². The summed E-state index contributed by atoms with van der Waals surface area (Å²) in [5.41, 5.74) is 1.61. The van der Waals surface area contributed by atoms with Gasteiger partial charge in [-0.05, 0) is 44.2 Å². The minimum atomic E-state index is -0.250. The van der Waals surface area contributed by atoms with E-state index in [1.54, 1.807) is 52.3 Å². The number of hydrogen-bond acceptors (Lipinski definition) is 3. The van der Waals surface area contributed by atoms with Crippen molar-refractivity contribution in [3.05, 3.63) is 64.7 Å². The van der Waals surface area contributed by atoms with Crippen molar-refractivity contribution in [3.63, 3.8) is 0 Å². The van der Waals surface area contributed by atoms with Gasteiger partial charge in [0.15, 0.2) is 5.78 Å². The highest BCUT2D eigenvalue weighted by molar-refractivity contribution is 6.31. The molecule has 5 nitrogen and oxygen atoms in total. The molecule has 0 N–H and O–H groups in total. The van der Waals surface area contributed by atoms with E-state index in [1.165, 1.54) is 6.92 Å². The number of benzene rings is 2. The van der Waals surface area contributed by atoms with E-state index < -0.39 is 0 Å². The van der Waals surface area contributed by atoms with Crippen LogP contribution in [0.2, 0.25) is 5.02 Å². The fraction of sp³-hybridized carbons (Fsp3) is 0.250. The predicted molar refractivity (Wildman–Crippen MR) is 101 cm³/mol. The third-order valence-corrected chi connectivity index (χ3v) is 4.72. The smallest absolute Gasteiger partial charge is 0.254 e. The largest absolute Gasteiger partial charge is 0.325 e. The summed E-state index contributed by atoms with van der Waals surface area (Å²) in [4.78, 5) is 40.2. The molecule has 26 heavy (non-hydrogen) atoms. The number of carbonyl (C=O) groups is 3. The van der Waals surface area contributed by atoms with Crippen LogP contribution in [0, 0.1) is 0 Å². The van der Waals surface area contributed by atoms with Gasteiger partial charge in [-0.25, -0.2) is 0 Å². The van der Waals surface area contributed by atoms with Crippen LogP contribution in [0.3, 0.4) is 0 Å². The lowest BCUT2D eigenvalue weighted by Gasteiger charge is -2.39. The van der Waals surface area contributed by atoms with E-state index in [2.05, 4.69) is 0 Å². The summed E-state index contributed by atoms with van der Waals surface area (Å²) in [5.74, 6) is -0.518. The third-order valence-electron chi connectivity index (χ3n) is 4.48. The van der Waals surface area contributed by atoms with Gasteiger partial charge in [0, 0.05) is 34.4 Å². The van der Waals surface area contributed by atoms with Crippen LogP contribution in [0.15, 0.2) is 48.5 Å². The molecule has 0 saturated carbocycles. The monoisotopic (exact) mass is 370 g/mol. The second-order valence-corrected chi connectivity index (χ2v) is 6.84. The van der Waals surface area contributed by atoms with Gasteiger partial charge in [0.2, 0.25) is 5.91 Å². The molecule has 0 aliphatic carbocycles. The van der Waals surface area contributed by atoms with Crippen molar-refractivity contribution in [3.8, 4) is 0 Å².